The second kappa shape index (κ2) is 6.17. The van der Waals surface area contributed by atoms with Crippen molar-refractivity contribution in [2.75, 3.05) is 5.84 Å². The van der Waals surface area contributed by atoms with Crippen LogP contribution in [0.5, 0.6) is 0 Å². The molecule has 0 atom stereocenters. The van der Waals surface area contributed by atoms with Crippen molar-refractivity contribution in [2.45, 2.75) is 6.92 Å². The van der Waals surface area contributed by atoms with Gasteiger partial charge in [-0.15, -0.1) is 0 Å². The van der Waals surface area contributed by atoms with Gasteiger partial charge in [0, 0.05) is 27.4 Å². The van der Waals surface area contributed by atoms with Crippen molar-refractivity contribution >= 4 is 44.9 Å². The Bertz CT molecular complexity index is 1380. The third-order valence-corrected chi connectivity index (χ3v) is 5.42. The predicted octanol–water partition coefficient (Wildman–Crippen LogP) is 6.13. The average molecular weight is 363 g/mol. The van der Waals surface area contributed by atoms with E-state index < -0.39 is 0 Å². The molecule has 5 aromatic rings. The Kier molecular flexibility index (Phi) is 3.63. The van der Waals surface area contributed by atoms with Crippen LogP contribution in [0.1, 0.15) is 18.2 Å². The minimum absolute atomic E-state index is 1.02. The molecule has 2 heterocycles. The van der Waals surface area contributed by atoms with Gasteiger partial charge in [0.15, 0.2) is 0 Å². The molecule has 0 amide bonds. The molecule has 3 heteroatoms. The summed E-state index contributed by atoms with van der Waals surface area (Å²) in [6.07, 6.45) is 6.17. The van der Waals surface area contributed by atoms with Crippen LogP contribution < -0.4 is 5.84 Å². The molecule has 0 aliphatic rings. The fraction of sp³-hybridized carbons (Fsp3) is 0.0400. The summed E-state index contributed by atoms with van der Waals surface area (Å²) >= 11 is 0. The molecule has 3 aromatic carbocycles. The molecular weight excluding hydrogens is 342 g/mol. The fourth-order valence-corrected chi connectivity index (χ4v) is 4.22. The molecular formula is C25H21N3. The van der Waals surface area contributed by atoms with Gasteiger partial charge < -0.3 is 10.4 Å². The summed E-state index contributed by atoms with van der Waals surface area (Å²) in [6, 6.07) is 23.1. The van der Waals surface area contributed by atoms with Gasteiger partial charge in [0.05, 0.1) is 22.2 Å². The molecule has 28 heavy (non-hydrogen) atoms. The highest BCUT2D eigenvalue weighted by molar-refractivity contribution is 6.14. The standard InChI is InChI=1S/C25H21N3/c1-3-10-18-20-15-21-19-13-8-9-14-23(19)28(26)25(21)16-24(20)27(22(18)4-2)17-11-6-5-7-12-17/h3-16H,2,26H2,1H3/b10-3-. The highest BCUT2D eigenvalue weighted by atomic mass is 15.3. The third-order valence-electron chi connectivity index (χ3n) is 5.42. The average Bonchev–Trinajstić information content (AvgIpc) is 3.20. The van der Waals surface area contributed by atoms with E-state index in [-0.39, 0.29) is 0 Å². The Morgan fingerprint density at radius 3 is 2.32 bits per heavy atom. The largest absolute Gasteiger partial charge is 0.339 e. The molecule has 5 rings (SSSR count). The fourth-order valence-electron chi connectivity index (χ4n) is 4.22. The number of para-hydroxylation sites is 2. The lowest BCUT2D eigenvalue weighted by molar-refractivity contribution is 1.10. The van der Waals surface area contributed by atoms with Crippen molar-refractivity contribution in [3.8, 4) is 5.69 Å². The zero-order valence-electron chi connectivity index (χ0n) is 15.8. The van der Waals surface area contributed by atoms with Crippen LogP contribution in [-0.2, 0) is 0 Å². The first-order valence-corrected chi connectivity index (χ1v) is 9.42. The van der Waals surface area contributed by atoms with Gasteiger partial charge in [-0.05, 0) is 43.3 Å². The molecule has 0 spiro atoms. The smallest absolute Gasteiger partial charge is 0.0724 e. The summed E-state index contributed by atoms with van der Waals surface area (Å²) in [4.78, 5) is 0. The Balaban J connectivity index is 2.01. The minimum atomic E-state index is 1.02. The van der Waals surface area contributed by atoms with Crippen molar-refractivity contribution in [3.63, 3.8) is 0 Å². The Hall–Kier alpha value is -3.72. The SMILES string of the molecule is C=Cc1c(/C=C\C)c2cc3c4ccccc4n(N)c3cc2n1-c1ccccc1. The maximum absolute atomic E-state index is 6.46. The summed E-state index contributed by atoms with van der Waals surface area (Å²) in [5, 5.41) is 3.53. The van der Waals surface area contributed by atoms with Gasteiger partial charge in [-0.2, -0.15) is 0 Å². The molecule has 0 aliphatic carbocycles. The van der Waals surface area contributed by atoms with Gasteiger partial charge in [0.2, 0.25) is 0 Å². The number of benzene rings is 3. The summed E-state index contributed by atoms with van der Waals surface area (Å²) in [7, 11) is 0. The van der Waals surface area contributed by atoms with E-state index in [2.05, 4.69) is 77.9 Å². The van der Waals surface area contributed by atoms with Crippen molar-refractivity contribution in [1.29, 1.82) is 0 Å². The van der Waals surface area contributed by atoms with E-state index in [1.807, 2.05) is 25.1 Å². The number of nitrogens with two attached hydrogens (primary N) is 1. The number of nitrogen functional groups attached to an aromatic ring is 1. The highest BCUT2D eigenvalue weighted by Gasteiger charge is 2.18. The second-order valence-corrected chi connectivity index (χ2v) is 6.95. The van der Waals surface area contributed by atoms with Gasteiger partial charge in [0.25, 0.3) is 0 Å². The monoisotopic (exact) mass is 363 g/mol. The molecule has 0 radical (unpaired) electrons. The lowest BCUT2D eigenvalue weighted by Gasteiger charge is -2.09. The second-order valence-electron chi connectivity index (χ2n) is 6.95. The molecule has 3 nitrogen and oxygen atoms in total. The van der Waals surface area contributed by atoms with E-state index in [9.17, 15) is 0 Å². The van der Waals surface area contributed by atoms with Crippen LogP contribution in [-0.4, -0.2) is 9.24 Å². The lowest BCUT2D eigenvalue weighted by Crippen LogP contribution is -2.06. The summed E-state index contributed by atoms with van der Waals surface area (Å²) in [5.41, 5.74) is 6.54. The molecule has 0 saturated heterocycles. The Morgan fingerprint density at radius 2 is 1.57 bits per heavy atom. The predicted molar refractivity (Wildman–Crippen MR) is 121 cm³/mol. The van der Waals surface area contributed by atoms with E-state index in [4.69, 9.17) is 5.84 Å². The van der Waals surface area contributed by atoms with Crippen molar-refractivity contribution in [1.82, 2.24) is 9.24 Å². The number of allylic oxidation sites excluding steroid dienone is 1. The van der Waals surface area contributed by atoms with Gasteiger partial charge >= 0.3 is 0 Å². The molecule has 2 aromatic heterocycles. The van der Waals surface area contributed by atoms with E-state index in [0.29, 0.717) is 0 Å². The van der Waals surface area contributed by atoms with Crippen molar-refractivity contribution in [3.05, 3.63) is 90.6 Å². The molecule has 2 N–H and O–H groups in total. The number of hydrogen-bond donors (Lipinski definition) is 1. The van der Waals surface area contributed by atoms with Crippen LogP contribution in [0.4, 0.5) is 0 Å². The molecule has 0 bridgehead atoms. The number of hydrogen-bond acceptors (Lipinski definition) is 1. The minimum Gasteiger partial charge on any atom is -0.339 e. The van der Waals surface area contributed by atoms with Gasteiger partial charge in [-0.3, -0.25) is 4.68 Å². The molecule has 0 fully saturated rings. The Morgan fingerprint density at radius 1 is 0.821 bits per heavy atom. The van der Waals surface area contributed by atoms with Gasteiger partial charge in [-0.1, -0.05) is 55.1 Å². The van der Waals surface area contributed by atoms with Crippen LogP contribution in [0.15, 0.2) is 79.4 Å². The van der Waals surface area contributed by atoms with Crippen LogP contribution >= 0.6 is 0 Å². The van der Waals surface area contributed by atoms with Crippen molar-refractivity contribution in [2.24, 2.45) is 0 Å². The van der Waals surface area contributed by atoms with Crippen LogP contribution in [0.25, 0.3) is 50.5 Å². The summed E-state index contributed by atoms with van der Waals surface area (Å²) in [5.74, 6) is 6.46. The zero-order valence-corrected chi connectivity index (χ0v) is 15.8. The summed E-state index contributed by atoms with van der Waals surface area (Å²) < 4.78 is 4.05. The van der Waals surface area contributed by atoms with E-state index >= 15 is 0 Å². The zero-order chi connectivity index (χ0) is 19.3. The molecule has 136 valence electrons. The van der Waals surface area contributed by atoms with Gasteiger partial charge in [0.1, 0.15) is 0 Å². The molecule has 0 unspecified atom stereocenters. The topological polar surface area (TPSA) is 35.9 Å². The maximum atomic E-state index is 6.46. The maximum Gasteiger partial charge on any atom is 0.0724 e. The van der Waals surface area contributed by atoms with E-state index in [1.165, 1.54) is 16.3 Å². The number of nitrogens with zero attached hydrogens (tertiary/aromatic N) is 2. The first kappa shape index (κ1) is 16.5. The quantitative estimate of drug-likeness (QED) is 0.385. The first-order valence-electron chi connectivity index (χ1n) is 9.42. The number of aromatic nitrogens is 2. The van der Waals surface area contributed by atoms with Crippen LogP contribution in [0.3, 0.4) is 0 Å². The first-order chi connectivity index (χ1) is 13.7. The van der Waals surface area contributed by atoms with E-state index in [1.54, 1.807) is 4.68 Å². The van der Waals surface area contributed by atoms with Crippen LogP contribution in [0, 0.1) is 0 Å². The summed E-state index contributed by atoms with van der Waals surface area (Å²) in [6.45, 7) is 6.14. The Labute approximate surface area is 163 Å². The van der Waals surface area contributed by atoms with Gasteiger partial charge in [-0.25, -0.2) is 0 Å². The normalized spacial score (nSPS) is 11.9. The van der Waals surface area contributed by atoms with Crippen molar-refractivity contribution < 1.29 is 0 Å². The molecule has 0 saturated carbocycles. The van der Waals surface area contributed by atoms with Crippen LogP contribution in [0.2, 0.25) is 0 Å². The number of fused-ring (bicyclic) bond motifs is 4. The van der Waals surface area contributed by atoms with E-state index in [0.717, 1.165) is 33.3 Å². The molecule has 0 aliphatic heterocycles. The number of rotatable bonds is 3. The highest BCUT2D eigenvalue weighted by Crippen LogP contribution is 2.37. The third kappa shape index (κ3) is 2.16. The lowest BCUT2D eigenvalue weighted by atomic mass is 10.1.